The number of rotatable bonds is 23. The van der Waals surface area contributed by atoms with Gasteiger partial charge in [-0.05, 0) is 60.6 Å². The number of unbranched alkanes of at least 4 members (excludes halogenated alkanes) is 3. The van der Waals surface area contributed by atoms with Gasteiger partial charge in [0.1, 0.15) is 19.3 Å². The molecule has 1 N–H and O–H groups in total. The minimum absolute atomic E-state index is 0.0388. The molecule has 52 heavy (non-hydrogen) atoms. The molecule has 0 aliphatic rings. The van der Waals surface area contributed by atoms with E-state index in [4.69, 9.17) is 23.1 Å². The van der Waals surface area contributed by atoms with E-state index in [1.165, 1.54) is 0 Å². The lowest BCUT2D eigenvalue weighted by Gasteiger charge is -2.47. The summed E-state index contributed by atoms with van der Waals surface area (Å²) in [5, 5.41) is 2.62. The molecular formula is C41H73NO8Si2. The minimum atomic E-state index is -2.60. The van der Waals surface area contributed by atoms with E-state index in [1.807, 2.05) is 30.3 Å². The van der Waals surface area contributed by atoms with Crippen molar-refractivity contribution in [3.8, 4) is 0 Å². The summed E-state index contributed by atoms with van der Waals surface area (Å²) in [5.41, 5.74) is 1.47. The Hall–Kier alpha value is -2.48. The van der Waals surface area contributed by atoms with Gasteiger partial charge >= 0.3 is 18.0 Å². The maximum absolute atomic E-state index is 14.3. The van der Waals surface area contributed by atoms with Crippen molar-refractivity contribution in [2.45, 2.75) is 181 Å². The Balaban J connectivity index is 3.65. The van der Waals surface area contributed by atoms with Crippen molar-refractivity contribution in [3.63, 3.8) is 0 Å². The first-order chi connectivity index (χ1) is 24.2. The maximum atomic E-state index is 14.3. The first-order valence-corrected chi connectivity index (χ1v) is 24.5. The summed E-state index contributed by atoms with van der Waals surface area (Å²) in [6.45, 7) is 33.2. The van der Waals surface area contributed by atoms with Gasteiger partial charge in [0.15, 0.2) is 14.4 Å². The number of carbonyl (C=O) groups excluding carboxylic acids is 3. The molecule has 0 fully saturated rings. The maximum Gasteiger partial charge on any atom is 0.408 e. The van der Waals surface area contributed by atoms with Crippen LogP contribution >= 0.6 is 0 Å². The van der Waals surface area contributed by atoms with Gasteiger partial charge in [-0.25, -0.2) is 9.59 Å². The summed E-state index contributed by atoms with van der Waals surface area (Å²) in [6, 6.07) is 8.16. The number of benzene rings is 1. The summed E-state index contributed by atoms with van der Waals surface area (Å²) < 4.78 is 31.5. The van der Waals surface area contributed by atoms with Gasteiger partial charge in [-0.1, -0.05) is 138 Å². The Bertz CT molecular complexity index is 1210. The fraction of sp³-hybridized carbons (Fsp3) is 0.732. The molecule has 0 saturated heterocycles. The Kier molecular flexibility index (Phi) is 20.1. The molecule has 298 valence electrons. The minimum Gasteiger partial charge on any atom is -0.461 e. The Morgan fingerprint density at radius 2 is 1.38 bits per heavy atom. The van der Waals surface area contributed by atoms with Gasteiger partial charge < -0.3 is 28.4 Å². The van der Waals surface area contributed by atoms with Crippen molar-refractivity contribution < 1.29 is 37.4 Å². The molecule has 0 heterocycles. The lowest BCUT2D eigenvalue weighted by molar-refractivity contribution is -0.167. The van der Waals surface area contributed by atoms with Crippen LogP contribution in [0.15, 0.2) is 43.0 Å². The van der Waals surface area contributed by atoms with Crippen molar-refractivity contribution in [1.29, 1.82) is 0 Å². The van der Waals surface area contributed by atoms with E-state index >= 15 is 0 Å². The smallest absolute Gasteiger partial charge is 0.408 e. The molecular weight excluding hydrogens is 691 g/mol. The molecule has 5 atom stereocenters. The molecule has 0 saturated carbocycles. The molecule has 1 aromatic carbocycles. The SMILES string of the molecule is C=CCOC(=O)[C@H](CCCCCC)[C@@H](O[Si](C(C)C)(C(C)C)C(C)C)[C@H](C)OC(=O)[C@@H](NC(=O)OCc1ccccc1)[C@@H](C)O[Si](C)(C)C(C)(C)C. The molecule has 11 heteroatoms. The van der Waals surface area contributed by atoms with Crippen LogP contribution in [0.4, 0.5) is 4.79 Å². The first kappa shape index (κ1) is 47.5. The highest BCUT2D eigenvalue weighted by Gasteiger charge is 2.51. The third-order valence-corrected chi connectivity index (χ3v) is 21.4. The van der Waals surface area contributed by atoms with Gasteiger partial charge in [0, 0.05) is 0 Å². The summed E-state index contributed by atoms with van der Waals surface area (Å²) in [7, 11) is -4.98. The van der Waals surface area contributed by atoms with Gasteiger partial charge in [0.2, 0.25) is 8.32 Å². The topological polar surface area (TPSA) is 109 Å². The number of amides is 1. The normalized spacial score (nSPS) is 15.5. The lowest BCUT2D eigenvalue weighted by atomic mass is 9.92. The van der Waals surface area contributed by atoms with Gasteiger partial charge in [-0.2, -0.15) is 0 Å². The van der Waals surface area contributed by atoms with E-state index in [0.29, 0.717) is 6.42 Å². The largest absolute Gasteiger partial charge is 0.461 e. The number of carbonyl (C=O) groups is 3. The molecule has 0 aromatic heterocycles. The zero-order valence-electron chi connectivity index (χ0n) is 35.0. The molecule has 0 aliphatic carbocycles. The number of alkyl carbamates (subject to hydrolysis) is 1. The number of ether oxygens (including phenoxy) is 3. The van der Waals surface area contributed by atoms with E-state index < -0.39 is 64.9 Å². The van der Waals surface area contributed by atoms with Gasteiger partial charge in [-0.15, -0.1) is 0 Å². The molecule has 0 radical (unpaired) electrons. The molecule has 9 nitrogen and oxygen atoms in total. The first-order valence-electron chi connectivity index (χ1n) is 19.5. The quantitative estimate of drug-likeness (QED) is 0.0386. The highest BCUT2D eigenvalue weighted by molar-refractivity contribution is 6.77. The fourth-order valence-electron chi connectivity index (χ4n) is 6.90. The molecule has 1 rings (SSSR count). The zero-order valence-corrected chi connectivity index (χ0v) is 37.0. The average molecular weight is 764 g/mol. The summed E-state index contributed by atoms with van der Waals surface area (Å²) in [4.78, 5) is 41.4. The predicted octanol–water partition coefficient (Wildman–Crippen LogP) is 10.5. The number of hydrogen-bond donors (Lipinski definition) is 1. The molecule has 1 aromatic rings. The average Bonchev–Trinajstić information content (AvgIpc) is 3.05. The molecule has 0 bridgehead atoms. The zero-order chi connectivity index (χ0) is 39.9. The molecule has 1 amide bonds. The second kappa shape index (κ2) is 22.0. The van der Waals surface area contributed by atoms with Crippen LogP contribution in [-0.4, -0.2) is 65.6 Å². The Labute approximate surface area is 318 Å². The monoisotopic (exact) mass is 763 g/mol. The van der Waals surface area contributed by atoms with Crippen LogP contribution in [0.25, 0.3) is 0 Å². The molecule has 0 spiro atoms. The van der Waals surface area contributed by atoms with E-state index in [2.05, 4.69) is 94.2 Å². The second-order valence-corrected chi connectivity index (χ2v) is 26.8. The van der Waals surface area contributed by atoms with Gasteiger partial charge in [0.25, 0.3) is 0 Å². The summed E-state index contributed by atoms with van der Waals surface area (Å²) >= 11 is 0. The third-order valence-electron chi connectivity index (χ3n) is 10.7. The van der Waals surface area contributed by atoms with Crippen LogP contribution in [0.3, 0.4) is 0 Å². The van der Waals surface area contributed by atoms with Gasteiger partial charge in [-0.3, -0.25) is 4.79 Å². The summed E-state index contributed by atoms with van der Waals surface area (Å²) in [5.74, 6) is -1.75. The van der Waals surface area contributed by atoms with Crippen molar-refractivity contribution in [2.24, 2.45) is 5.92 Å². The van der Waals surface area contributed by atoms with Crippen molar-refractivity contribution in [3.05, 3.63) is 48.6 Å². The van der Waals surface area contributed by atoms with Crippen LogP contribution < -0.4 is 5.32 Å². The van der Waals surface area contributed by atoms with Crippen LogP contribution in [0.1, 0.15) is 121 Å². The Morgan fingerprint density at radius 3 is 1.88 bits per heavy atom. The molecule has 0 aliphatic heterocycles. The van der Waals surface area contributed by atoms with Crippen LogP contribution in [0.2, 0.25) is 34.8 Å². The number of hydrogen-bond acceptors (Lipinski definition) is 8. The van der Waals surface area contributed by atoms with Gasteiger partial charge in [0.05, 0.1) is 18.1 Å². The lowest BCUT2D eigenvalue weighted by Crippen LogP contribution is -2.57. The van der Waals surface area contributed by atoms with Crippen LogP contribution in [-0.2, 0) is 39.3 Å². The third kappa shape index (κ3) is 14.1. The number of nitrogens with one attached hydrogen (secondary N) is 1. The van der Waals surface area contributed by atoms with E-state index in [9.17, 15) is 14.4 Å². The van der Waals surface area contributed by atoms with Crippen LogP contribution in [0.5, 0.6) is 0 Å². The van der Waals surface area contributed by atoms with Crippen molar-refractivity contribution >= 4 is 34.7 Å². The van der Waals surface area contributed by atoms with Crippen LogP contribution in [0, 0.1) is 5.92 Å². The molecule has 0 unspecified atom stereocenters. The second-order valence-electron chi connectivity index (χ2n) is 16.7. The fourth-order valence-corrected chi connectivity index (χ4v) is 14.0. The van der Waals surface area contributed by atoms with E-state index in [-0.39, 0.29) is 34.9 Å². The van der Waals surface area contributed by atoms with Crippen molar-refractivity contribution in [1.82, 2.24) is 5.32 Å². The number of esters is 2. The van der Waals surface area contributed by atoms with E-state index in [1.54, 1.807) is 19.9 Å². The Morgan fingerprint density at radius 1 is 0.808 bits per heavy atom. The van der Waals surface area contributed by atoms with Crippen molar-refractivity contribution in [2.75, 3.05) is 6.61 Å². The standard InChI is InChI=1S/C41H73NO8Si2/c1-16-18-19-23-26-35(38(43)46-27-17-2)37(50-52(29(3)4,30(5)6)31(7)8)33(10)48-39(44)36(32(9)49-51(14,15)41(11,12)13)42-40(45)47-28-34-24-21-20-22-25-34/h17,20-22,24-25,29-33,35-37H,2,16,18-19,23,26-28H2,1,3-15H3,(H,42,45)/t32-,33+,35-,36+,37+/m1/s1. The van der Waals surface area contributed by atoms with E-state index in [0.717, 1.165) is 31.2 Å². The highest BCUT2D eigenvalue weighted by Crippen LogP contribution is 2.45. The highest BCUT2D eigenvalue weighted by atomic mass is 28.4. The predicted molar refractivity (Wildman–Crippen MR) is 216 cm³/mol. The summed E-state index contributed by atoms with van der Waals surface area (Å²) in [6.07, 6.45) is 2.83.